The Hall–Kier alpha value is -2.73. The number of ether oxygens (including phenoxy) is 2. The lowest BCUT2D eigenvalue weighted by molar-refractivity contribution is -0.123. The minimum Gasteiger partial charge on any atom is -0.493 e. The van der Waals surface area contributed by atoms with E-state index in [1.807, 2.05) is 0 Å². The quantitative estimate of drug-likeness (QED) is 0.785. The molecular formula is C17H17ClN2O4. The topological polar surface area (TPSA) is 76.7 Å². The Kier molecular flexibility index (Phi) is 6.03. The minimum atomic E-state index is -0.436. The SMILES string of the molecule is COc1ccc(NC(=O)CC(=O)Nc2ccc(Cl)cc2)cc1OC. The molecule has 2 aromatic carbocycles. The van der Waals surface area contributed by atoms with E-state index < -0.39 is 11.8 Å². The molecule has 0 spiro atoms. The standard InChI is InChI=1S/C17H17ClN2O4/c1-23-14-8-7-13(9-15(14)24-2)20-17(22)10-16(21)19-12-5-3-11(18)4-6-12/h3-9H,10H2,1-2H3,(H,19,21)(H,20,22). The van der Waals surface area contributed by atoms with Gasteiger partial charge in [0.05, 0.1) is 14.2 Å². The summed E-state index contributed by atoms with van der Waals surface area (Å²) in [6, 6.07) is 11.6. The number of nitrogens with one attached hydrogen (secondary N) is 2. The molecule has 0 atom stereocenters. The summed E-state index contributed by atoms with van der Waals surface area (Å²) in [6.07, 6.45) is -0.309. The fraction of sp³-hybridized carbons (Fsp3) is 0.176. The van der Waals surface area contributed by atoms with E-state index >= 15 is 0 Å². The van der Waals surface area contributed by atoms with Crippen molar-refractivity contribution in [2.45, 2.75) is 6.42 Å². The summed E-state index contributed by atoms with van der Waals surface area (Å²) >= 11 is 5.77. The molecule has 0 saturated heterocycles. The lowest BCUT2D eigenvalue weighted by Gasteiger charge is -2.10. The number of anilines is 2. The second kappa shape index (κ2) is 8.21. The van der Waals surface area contributed by atoms with Crippen molar-refractivity contribution in [3.05, 3.63) is 47.5 Å². The highest BCUT2D eigenvalue weighted by atomic mass is 35.5. The van der Waals surface area contributed by atoms with Gasteiger partial charge < -0.3 is 20.1 Å². The highest BCUT2D eigenvalue weighted by molar-refractivity contribution is 6.30. The number of halogens is 1. The lowest BCUT2D eigenvalue weighted by Crippen LogP contribution is -2.21. The van der Waals surface area contributed by atoms with E-state index in [9.17, 15) is 9.59 Å². The van der Waals surface area contributed by atoms with Gasteiger partial charge in [0.25, 0.3) is 0 Å². The van der Waals surface area contributed by atoms with Gasteiger partial charge in [-0.05, 0) is 36.4 Å². The van der Waals surface area contributed by atoms with E-state index in [-0.39, 0.29) is 6.42 Å². The maximum absolute atomic E-state index is 12.0. The first-order chi connectivity index (χ1) is 11.5. The van der Waals surface area contributed by atoms with Gasteiger partial charge in [-0.3, -0.25) is 9.59 Å². The molecule has 2 amide bonds. The van der Waals surface area contributed by atoms with Crippen LogP contribution in [0, 0.1) is 0 Å². The van der Waals surface area contributed by atoms with Crippen LogP contribution in [0.1, 0.15) is 6.42 Å². The first-order valence-electron chi connectivity index (χ1n) is 7.09. The van der Waals surface area contributed by atoms with Crippen molar-refractivity contribution in [3.63, 3.8) is 0 Å². The van der Waals surface area contributed by atoms with Gasteiger partial charge in [-0.1, -0.05) is 11.6 Å². The summed E-state index contributed by atoms with van der Waals surface area (Å²) in [5.74, 6) is 0.181. The van der Waals surface area contributed by atoms with Crippen molar-refractivity contribution in [3.8, 4) is 11.5 Å². The van der Waals surface area contributed by atoms with E-state index in [1.54, 1.807) is 42.5 Å². The second-order valence-electron chi connectivity index (χ2n) is 4.85. The number of benzene rings is 2. The van der Waals surface area contributed by atoms with Gasteiger partial charge in [-0.2, -0.15) is 0 Å². The number of carbonyl (C=O) groups excluding carboxylic acids is 2. The molecule has 126 valence electrons. The third kappa shape index (κ3) is 4.89. The highest BCUT2D eigenvalue weighted by Crippen LogP contribution is 2.29. The number of hydrogen-bond acceptors (Lipinski definition) is 4. The van der Waals surface area contributed by atoms with Crippen molar-refractivity contribution in [1.29, 1.82) is 0 Å². The van der Waals surface area contributed by atoms with Crippen molar-refractivity contribution in [1.82, 2.24) is 0 Å². The van der Waals surface area contributed by atoms with Gasteiger partial charge in [0.2, 0.25) is 11.8 Å². The van der Waals surface area contributed by atoms with Gasteiger partial charge in [0.15, 0.2) is 11.5 Å². The number of hydrogen-bond donors (Lipinski definition) is 2. The van der Waals surface area contributed by atoms with Crippen molar-refractivity contribution >= 4 is 34.8 Å². The molecule has 0 heterocycles. The maximum atomic E-state index is 12.0. The molecule has 0 fully saturated rings. The summed E-state index contributed by atoms with van der Waals surface area (Å²) in [7, 11) is 3.03. The molecule has 0 bridgehead atoms. The summed E-state index contributed by atoms with van der Waals surface area (Å²) in [4.78, 5) is 23.8. The molecule has 2 N–H and O–H groups in total. The molecule has 2 rings (SSSR count). The van der Waals surface area contributed by atoms with Crippen LogP contribution in [0.5, 0.6) is 11.5 Å². The average molecular weight is 349 g/mol. The van der Waals surface area contributed by atoms with Crippen LogP contribution >= 0.6 is 11.6 Å². The fourth-order valence-electron chi connectivity index (χ4n) is 2.00. The molecule has 7 heteroatoms. The summed E-state index contributed by atoms with van der Waals surface area (Å²) in [6.45, 7) is 0. The molecule has 0 aromatic heterocycles. The molecule has 6 nitrogen and oxygen atoms in total. The first kappa shape index (κ1) is 17.6. The zero-order chi connectivity index (χ0) is 17.5. The van der Waals surface area contributed by atoms with E-state index in [4.69, 9.17) is 21.1 Å². The molecule has 2 aromatic rings. The third-order valence-corrected chi connectivity index (χ3v) is 3.37. The Morgan fingerprint density at radius 3 is 2.00 bits per heavy atom. The van der Waals surface area contributed by atoms with E-state index in [1.165, 1.54) is 14.2 Å². The molecule has 0 radical (unpaired) electrons. The second-order valence-corrected chi connectivity index (χ2v) is 5.29. The van der Waals surface area contributed by atoms with Crippen LogP contribution in [0.15, 0.2) is 42.5 Å². The summed E-state index contributed by atoms with van der Waals surface area (Å²) in [5, 5.41) is 5.83. The van der Waals surface area contributed by atoms with Crippen molar-refractivity contribution < 1.29 is 19.1 Å². The van der Waals surface area contributed by atoms with Gasteiger partial charge in [-0.25, -0.2) is 0 Å². The van der Waals surface area contributed by atoms with Crippen LogP contribution < -0.4 is 20.1 Å². The van der Waals surface area contributed by atoms with Gasteiger partial charge in [-0.15, -0.1) is 0 Å². The van der Waals surface area contributed by atoms with Crippen LogP contribution in [0.3, 0.4) is 0 Å². The molecule has 0 unspecified atom stereocenters. The van der Waals surface area contributed by atoms with Gasteiger partial charge >= 0.3 is 0 Å². The Balaban J connectivity index is 1.92. The normalized spacial score (nSPS) is 9.96. The largest absolute Gasteiger partial charge is 0.493 e. The van der Waals surface area contributed by atoms with E-state index in [0.29, 0.717) is 27.9 Å². The first-order valence-corrected chi connectivity index (χ1v) is 7.47. The zero-order valence-electron chi connectivity index (χ0n) is 13.3. The predicted octanol–water partition coefficient (Wildman–Crippen LogP) is 3.32. The number of rotatable bonds is 6. The molecule has 0 aliphatic carbocycles. The number of carbonyl (C=O) groups is 2. The van der Waals surface area contributed by atoms with Crippen molar-refractivity contribution in [2.24, 2.45) is 0 Å². The van der Waals surface area contributed by atoms with Crippen molar-refractivity contribution in [2.75, 3.05) is 24.9 Å². The van der Waals surface area contributed by atoms with Gasteiger partial charge in [0.1, 0.15) is 6.42 Å². The van der Waals surface area contributed by atoms with Crippen LogP contribution in [0.25, 0.3) is 0 Å². The molecule has 0 aliphatic rings. The summed E-state index contributed by atoms with van der Waals surface area (Å²) in [5.41, 5.74) is 1.08. The highest BCUT2D eigenvalue weighted by Gasteiger charge is 2.12. The summed E-state index contributed by atoms with van der Waals surface area (Å²) < 4.78 is 10.3. The Morgan fingerprint density at radius 1 is 0.875 bits per heavy atom. The van der Waals surface area contributed by atoms with E-state index in [0.717, 1.165) is 0 Å². The number of amides is 2. The minimum absolute atomic E-state index is 0.309. The monoisotopic (exact) mass is 348 g/mol. The Bertz CT molecular complexity index is 732. The van der Waals surface area contributed by atoms with E-state index in [2.05, 4.69) is 10.6 Å². The Morgan fingerprint density at radius 2 is 1.42 bits per heavy atom. The molecule has 0 saturated carbocycles. The average Bonchev–Trinajstić information content (AvgIpc) is 2.56. The Labute approximate surface area is 144 Å². The van der Waals surface area contributed by atoms with Crippen LogP contribution in [0.2, 0.25) is 5.02 Å². The predicted molar refractivity (Wildman–Crippen MR) is 92.9 cm³/mol. The van der Waals surface area contributed by atoms with Crippen LogP contribution in [0.4, 0.5) is 11.4 Å². The van der Waals surface area contributed by atoms with Crippen LogP contribution in [-0.4, -0.2) is 26.0 Å². The smallest absolute Gasteiger partial charge is 0.233 e. The number of methoxy groups -OCH3 is 2. The van der Waals surface area contributed by atoms with Gasteiger partial charge in [0, 0.05) is 22.5 Å². The zero-order valence-corrected chi connectivity index (χ0v) is 14.0. The fourth-order valence-corrected chi connectivity index (χ4v) is 2.13. The molecular weight excluding hydrogens is 332 g/mol. The maximum Gasteiger partial charge on any atom is 0.233 e. The van der Waals surface area contributed by atoms with Crippen LogP contribution in [-0.2, 0) is 9.59 Å². The lowest BCUT2D eigenvalue weighted by atomic mass is 10.2. The molecule has 24 heavy (non-hydrogen) atoms. The molecule has 0 aliphatic heterocycles. The third-order valence-electron chi connectivity index (χ3n) is 3.12.